The van der Waals surface area contributed by atoms with Crippen LogP contribution in [0.2, 0.25) is 0 Å². The predicted molar refractivity (Wildman–Crippen MR) is 85.5 cm³/mol. The Morgan fingerprint density at radius 3 is 2.38 bits per heavy atom. The first-order valence-electron chi connectivity index (χ1n) is 7.55. The van der Waals surface area contributed by atoms with Crippen molar-refractivity contribution in [1.29, 1.82) is 0 Å². The van der Waals surface area contributed by atoms with Gasteiger partial charge < -0.3 is 15.4 Å². The van der Waals surface area contributed by atoms with Crippen LogP contribution in [0.5, 0.6) is 5.75 Å². The molecule has 0 saturated carbocycles. The largest absolute Gasteiger partial charge is 0.497 e. The summed E-state index contributed by atoms with van der Waals surface area (Å²) in [6.45, 7) is 8.45. The Bertz CT molecular complexity index is 512. The molecule has 1 aliphatic heterocycles. The van der Waals surface area contributed by atoms with Crippen LogP contribution in [-0.4, -0.2) is 31.0 Å². The van der Waals surface area contributed by atoms with Gasteiger partial charge in [0.2, 0.25) is 0 Å². The first-order valence-corrected chi connectivity index (χ1v) is 7.55. The van der Waals surface area contributed by atoms with Crippen molar-refractivity contribution >= 4 is 11.6 Å². The van der Waals surface area contributed by atoms with Crippen molar-refractivity contribution < 1.29 is 9.53 Å². The lowest BCUT2D eigenvalue weighted by Gasteiger charge is -2.38. The molecule has 21 heavy (non-hydrogen) atoms. The molecule has 0 bridgehead atoms. The Morgan fingerprint density at radius 2 is 1.90 bits per heavy atom. The summed E-state index contributed by atoms with van der Waals surface area (Å²) in [5, 5.41) is 0. The van der Waals surface area contributed by atoms with Crippen molar-refractivity contribution in [2.24, 2.45) is 11.3 Å². The fraction of sp³-hybridized carbons (Fsp3) is 0.588. The molecule has 0 radical (unpaired) electrons. The minimum atomic E-state index is 0.0301. The molecule has 1 amide bonds. The number of carbonyl (C=O) groups excluding carboxylic acids is 1. The molecular formula is C17H26N2O2. The lowest BCUT2D eigenvalue weighted by atomic mass is 9.75. The van der Waals surface area contributed by atoms with Gasteiger partial charge in [-0.2, -0.15) is 0 Å². The molecule has 1 aromatic rings. The van der Waals surface area contributed by atoms with E-state index in [9.17, 15) is 4.79 Å². The summed E-state index contributed by atoms with van der Waals surface area (Å²) in [5.74, 6) is 1.38. The van der Waals surface area contributed by atoms with Crippen LogP contribution in [0.25, 0.3) is 0 Å². The minimum absolute atomic E-state index is 0.0301. The number of hydrogen-bond acceptors (Lipinski definition) is 3. The Morgan fingerprint density at radius 1 is 1.29 bits per heavy atom. The van der Waals surface area contributed by atoms with E-state index < -0.39 is 0 Å². The van der Waals surface area contributed by atoms with Gasteiger partial charge in [0.1, 0.15) is 5.75 Å². The Kier molecular flexibility index (Phi) is 4.45. The molecule has 0 aliphatic carbocycles. The SMILES string of the molecule is COc1ccc(C(=O)N2CCC(C(C)(C)C)CC2)c(N)c1. The second kappa shape index (κ2) is 5.96. The maximum Gasteiger partial charge on any atom is 0.255 e. The highest BCUT2D eigenvalue weighted by atomic mass is 16.5. The van der Waals surface area contributed by atoms with Gasteiger partial charge >= 0.3 is 0 Å². The Labute approximate surface area is 127 Å². The summed E-state index contributed by atoms with van der Waals surface area (Å²) in [6, 6.07) is 5.24. The van der Waals surface area contributed by atoms with Crippen LogP contribution in [0.4, 0.5) is 5.69 Å². The lowest BCUT2D eigenvalue weighted by Crippen LogP contribution is -2.41. The molecule has 1 saturated heterocycles. The second-order valence-corrected chi connectivity index (χ2v) is 6.89. The summed E-state index contributed by atoms with van der Waals surface area (Å²) in [5.41, 5.74) is 7.35. The molecule has 4 nitrogen and oxygen atoms in total. The van der Waals surface area contributed by atoms with E-state index in [1.807, 2.05) is 4.90 Å². The van der Waals surface area contributed by atoms with Crippen molar-refractivity contribution in [3.8, 4) is 5.75 Å². The quantitative estimate of drug-likeness (QED) is 0.851. The van der Waals surface area contributed by atoms with Crippen LogP contribution in [0.15, 0.2) is 18.2 Å². The first-order chi connectivity index (χ1) is 9.82. The van der Waals surface area contributed by atoms with Gasteiger partial charge in [0.25, 0.3) is 5.91 Å². The fourth-order valence-corrected chi connectivity index (χ4v) is 2.98. The van der Waals surface area contributed by atoms with Gasteiger partial charge in [-0.1, -0.05) is 20.8 Å². The third kappa shape index (κ3) is 3.49. The predicted octanol–water partition coefficient (Wildman–Crippen LogP) is 3.18. The summed E-state index contributed by atoms with van der Waals surface area (Å²) in [7, 11) is 1.59. The zero-order valence-electron chi connectivity index (χ0n) is 13.5. The van der Waals surface area contributed by atoms with Crippen molar-refractivity contribution in [1.82, 2.24) is 4.90 Å². The number of hydrogen-bond donors (Lipinski definition) is 1. The molecule has 0 spiro atoms. The molecule has 4 heteroatoms. The van der Waals surface area contributed by atoms with Gasteiger partial charge in [-0.05, 0) is 36.3 Å². The molecule has 0 unspecified atom stereocenters. The van der Waals surface area contributed by atoms with E-state index in [1.165, 1.54) is 0 Å². The van der Waals surface area contributed by atoms with Gasteiger partial charge in [0.05, 0.1) is 12.7 Å². The van der Waals surface area contributed by atoms with Crippen molar-refractivity contribution in [3.63, 3.8) is 0 Å². The molecule has 1 fully saturated rings. The van der Waals surface area contributed by atoms with E-state index in [4.69, 9.17) is 10.5 Å². The van der Waals surface area contributed by atoms with Gasteiger partial charge in [-0.25, -0.2) is 0 Å². The molecule has 1 heterocycles. The lowest BCUT2D eigenvalue weighted by molar-refractivity contribution is 0.0609. The van der Waals surface area contributed by atoms with Gasteiger partial charge in [-0.15, -0.1) is 0 Å². The summed E-state index contributed by atoms with van der Waals surface area (Å²) in [6.07, 6.45) is 2.12. The van der Waals surface area contributed by atoms with E-state index >= 15 is 0 Å². The number of nitrogens with zero attached hydrogens (tertiary/aromatic N) is 1. The topological polar surface area (TPSA) is 55.6 Å². The van der Waals surface area contributed by atoms with E-state index in [-0.39, 0.29) is 5.91 Å². The molecular weight excluding hydrogens is 264 g/mol. The number of rotatable bonds is 2. The Balaban J connectivity index is 2.05. The van der Waals surface area contributed by atoms with Crippen LogP contribution >= 0.6 is 0 Å². The van der Waals surface area contributed by atoms with Crippen LogP contribution in [0.3, 0.4) is 0 Å². The maximum absolute atomic E-state index is 12.6. The number of methoxy groups -OCH3 is 1. The average Bonchev–Trinajstić information content (AvgIpc) is 2.45. The maximum atomic E-state index is 12.6. The number of ether oxygens (including phenoxy) is 1. The number of benzene rings is 1. The first kappa shape index (κ1) is 15.7. The zero-order chi connectivity index (χ0) is 15.6. The van der Waals surface area contributed by atoms with E-state index in [0.29, 0.717) is 28.3 Å². The molecule has 0 aromatic heterocycles. The van der Waals surface area contributed by atoms with Gasteiger partial charge in [-0.3, -0.25) is 4.79 Å². The third-order valence-electron chi connectivity index (χ3n) is 4.50. The van der Waals surface area contributed by atoms with Crippen molar-refractivity contribution in [3.05, 3.63) is 23.8 Å². The number of nitrogens with two attached hydrogens (primary N) is 1. The highest BCUT2D eigenvalue weighted by Crippen LogP contribution is 2.34. The molecule has 1 aliphatic rings. The average molecular weight is 290 g/mol. The number of piperidine rings is 1. The number of anilines is 1. The monoisotopic (exact) mass is 290 g/mol. The third-order valence-corrected chi connectivity index (χ3v) is 4.50. The molecule has 2 rings (SSSR count). The Hall–Kier alpha value is -1.71. The van der Waals surface area contributed by atoms with Gasteiger partial charge in [0, 0.05) is 24.8 Å². The summed E-state index contributed by atoms with van der Waals surface area (Å²) < 4.78 is 5.12. The van der Waals surface area contributed by atoms with Crippen molar-refractivity contribution in [2.75, 3.05) is 25.9 Å². The van der Waals surface area contributed by atoms with Crippen LogP contribution in [0.1, 0.15) is 44.0 Å². The second-order valence-electron chi connectivity index (χ2n) is 6.89. The summed E-state index contributed by atoms with van der Waals surface area (Å²) >= 11 is 0. The molecule has 116 valence electrons. The number of amides is 1. The summed E-state index contributed by atoms with van der Waals surface area (Å²) in [4.78, 5) is 14.5. The smallest absolute Gasteiger partial charge is 0.255 e. The minimum Gasteiger partial charge on any atom is -0.497 e. The fourth-order valence-electron chi connectivity index (χ4n) is 2.98. The van der Waals surface area contributed by atoms with E-state index in [2.05, 4.69) is 20.8 Å². The zero-order valence-corrected chi connectivity index (χ0v) is 13.5. The van der Waals surface area contributed by atoms with E-state index in [1.54, 1.807) is 25.3 Å². The van der Waals surface area contributed by atoms with E-state index in [0.717, 1.165) is 25.9 Å². The van der Waals surface area contributed by atoms with Crippen LogP contribution in [0, 0.1) is 11.3 Å². The normalized spacial score (nSPS) is 16.9. The number of carbonyl (C=O) groups is 1. The number of nitrogen functional groups attached to an aromatic ring is 1. The van der Waals surface area contributed by atoms with Gasteiger partial charge in [0.15, 0.2) is 0 Å². The molecule has 2 N–H and O–H groups in total. The standard InChI is InChI=1S/C17H26N2O2/c1-17(2,3)12-7-9-19(10-8-12)16(20)14-6-5-13(21-4)11-15(14)18/h5-6,11-12H,7-10,18H2,1-4H3. The number of likely N-dealkylation sites (tertiary alicyclic amines) is 1. The van der Waals surface area contributed by atoms with Crippen molar-refractivity contribution in [2.45, 2.75) is 33.6 Å². The highest BCUT2D eigenvalue weighted by Gasteiger charge is 2.31. The molecule has 0 atom stereocenters. The van der Waals surface area contributed by atoms with Crippen LogP contribution < -0.4 is 10.5 Å². The van der Waals surface area contributed by atoms with Crippen LogP contribution in [-0.2, 0) is 0 Å². The molecule has 1 aromatic carbocycles. The highest BCUT2D eigenvalue weighted by molar-refractivity contribution is 5.99.